The van der Waals surface area contributed by atoms with E-state index in [9.17, 15) is 4.79 Å². The first-order chi connectivity index (χ1) is 11.0. The van der Waals surface area contributed by atoms with Gasteiger partial charge in [0.05, 0.1) is 5.69 Å². The third-order valence-electron chi connectivity index (χ3n) is 4.20. The zero-order valence-corrected chi connectivity index (χ0v) is 14.4. The predicted octanol–water partition coefficient (Wildman–Crippen LogP) is 3.80. The largest absolute Gasteiger partial charge is 0.339 e. The van der Waals surface area contributed by atoms with Crippen molar-refractivity contribution >= 4 is 17.2 Å². The van der Waals surface area contributed by atoms with E-state index in [0.717, 1.165) is 48.7 Å². The van der Waals surface area contributed by atoms with Crippen molar-refractivity contribution in [3.05, 3.63) is 46.6 Å². The molecule has 0 unspecified atom stereocenters. The third kappa shape index (κ3) is 3.50. The van der Waals surface area contributed by atoms with Crippen LogP contribution in [-0.4, -0.2) is 33.9 Å². The van der Waals surface area contributed by atoms with Gasteiger partial charge in [0, 0.05) is 41.2 Å². The highest BCUT2D eigenvalue weighted by Crippen LogP contribution is 2.29. The Labute approximate surface area is 140 Å². The summed E-state index contributed by atoms with van der Waals surface area (Å²) < 4.78 is 0. The summed E-state index contributed by atoms with van der Waals surface area (Å²) in [5.74, 6) is 1.29. The van der Waals surface area contributed by atoms with Crippen LogP contribution in [0.1, 0.15) is 37.2 Å². The summed E-state index contributed by atoms with van der Waals surface area (Å²) in [6, 6.07) is 4.12. The Balaban J connectivity index is 1.76. The molecule has 3 heterocycles. The third-order valence-corrected chi connectivity index (χ3v) is 4.88. The molecule has 1 aliphatic rings. The van der Waals surface area contributed by atoms with Crippen LogP contribution in [0.5, 0.6) is 0 Å². The maximum atomic E-state index is 12.0. The number of amides is 1. The molecule has 3 rings (SSSR count). The minimum absolute atomic E-state index is 0.0626. The predicted molar refractivity (Wildman–Crippen MR) is 93.5 cm³/mol. The van der Waals surface area contributed by atoms with Crippen LogP contribution < -0.4 is 0 Å². The molecule has 2 aromatic heterocycles. The number of piperidine rings is 1. The van der Waals surface area contributed by atoms with Crippen LogP contribution in [0.4, 0.5) is 0 Å². The van der Waals surface area contributed by atoms with Crippen LogP contribution in [0.2, 0.25) is 0 Å². The zero-order chi connectivity index (χ0) is 16.4. The molecule has 1 amide bonds. The van der Waals surface area contributed by atoms with E-state index in [1.807, 2.05) is 17.9 Å². The lowest BCUT2D eigenvalue weighted by Gasteiger charge is -2.31. The highest BCUT2D eigenvalue weighted by Gasteiger charge is 2.26. The molecule has 120 valence electrons. The second-order valence-electron chi connectivity index (χ2n) is 6.11. The van der Waals surface area contributed by atoms with Crippen molar-refractivity contribution in [2.24, 2.45) is 0 Å². The number of rotatable bonds is 3. The van der Waals surface area contributed by atoms with Crippen LogP contribution in [0, 0.1) is 6.92 Å². The maximum Gasteiger partial charge on any atom is 0.248 e. The second-order valence-corrected chi connectivity index (χ2v) is 6.89. The van der Waals surface area contributed by atoms with E-state index < -0.39 is 0 Å². The lowest BCUT2D eigenvalue weighted by Crippen LogP contribution is -2.38. The summed E-state index contributed by atoms with van der Waals surface area (Å²) in [5.41, 5.74) is 3.75. The summed E-state index contributed by atoms with van der Waals surface area (Å²) in [6.07, 6.45) is 1.82. The van der Waals surface area contributed by atoms with E-state index in [1.165, 1.54) is 0 Å². The Bertz CT molecular complexity index is 716. The van der Waals surface area contributed by atoms with Crippen molar-refractivity contribution in [1.82, 2.24) is 14.9 Å². The monoisotopic (exact) mass is 327 g/mol. The van der Waals surface area contributed by atoms with Gasteiger partial charge in [-0.05, 0) is 44.2 Å². The van der Waals surface area contributed by atoms with Crippen molar-refractivity contribution in [2.45, 2.75) is 32.6 Å². The molecule has 2 aromatic rings. The Morgan fingerprint density at radius 2 is 2.09 bits per heavy atom. The average molecular weight is 327 g/mol. The fourth-order valence-corrected chi connectivity index (χ4v) is 3.59. The standard InChI is InChI=1S/C18H21N3OS/c1-12(2)18(22)21-7-4-14(5-8-21)17-19-13(3)10-16(20-17)15-6-9-23-11-15/h6,9-11,14H,1,4-5,7-8H2,2-3H3. The molecule has 5 heteroatoms. The van der Waals surface area contributed by atoms with Crippen molar-refractivity contribution in [1.29, 1.82) is 0 Å². The minimum atomic E-state index is 0.0626. The van der Waals surface area contributed by atoms with Crippen molar-refractivity contribution in [3.63, 3.8) is 0 Å². The number of thiophene rings is 1. The number of hydrogen-bond acceptors (Lipinski definition) is 4. The smallest absolute Gasteiger partial charge is 0.248 e. The SMILES string of the molecule is C=C(C)C(=O)N1CCC(c2nc(C)cc(-c3ccsc3)n2)CC1. The summed E-state index contributed by atoms with van der Waals surface area (Å²) in [7, 11) is 0. The van der Waals surface area contributed by atoms with Gasteiger partial charge in [0.15, 0.2) is 0 Å². The molecule has 0 bridgehead atoms. The number of likely N-dealkylation sites (tertiary alicyclic amines) is 1. The van der Waals surface area contributed by atoms with Crippen LogP contribution in [0.25, 0.3) is 11.3 Å². The van der Waals surface area contributed by atoms with Gasteiger partial charge in [-0.25, -0.2) is 9.97 Å². The van der Waals surface area contributed by atoms with Crippen LogP contribution in [0.15, 0.2) is 35.0 Å². The number of nitrogens with zero attached hydrogens (tertiary/aromatic N) is 3. The van der Waals surface area contributed by atoms with Crippen LogP contribution in [0.3, 0.4) is 0 Å². The van der Waals surface area contributed by atoms with E-state index in [2.05, 4.69) is 28.4 Å². The molecule has 4 nitrogen and oxygen atoms in total. The topological polar surface area (TPSA) is 46.1 Å². The van der Waals surface area contributed by atoms with Gasteiger partial charge >= 0.3 is 0 Å². The molecule has 0 aliphatic carbocycles. The molecule has 23 heavy (non-hydrogen) atoms. The molecule has 1 aliphatic heterocycles. The first-order valence-electron chi connectivity index (χ1n) is 7.87. The molecule has 0 N–H and O–H groups in total. The lowest BCUT2D eigenvalue weighted by molar-refractivity contribution is -0.128. The van der Waals surface area contributed by atoms with Gasteiger partial charge in [0.2, 0.25) is 5.91 Å². The van der Waals surface area contributed by atoms with Gasteiger partial charge in [0.1, 0.15) is 5.82 Å². The Morgan fingerprint density at radius 1 is 1.35 bits per heavy atom. The highest BCUT2D eigenvalue weighted by molar-refractivity contribution is 7.08. The number of aryl methyl sites for hydroxylation is 1. The number of carbonyl (C=O) groups excluding carboxylic acids is 1. The molecule has 1 saturated heterocycles. The molecular formula is C18H21N3OS. The normalized spacial score (nSPS) is 15.7. The molecule has 0 aromatic carbocycles. The summed E-state index contributed by atoms with van der Waals surface area (Å²) in [6.45, 7) is 9.03. The van der Waals surface area contributed by atoms with Gasteiger partial charge in [-0.15, -0.1) is 0 Å². The summed E-state index contributed by atoms with van der Waals surface area (Å²) in [4.78, 5) is 23.3. The molecule has 0 saturated carbocycles. The molecule has 1 fully saturated rings. The number of carbonyl (C=O) groups is 1. The van der Waals surface area contributed by atoms with Gasteiger partial charge in [-0.1, -0.05) is 6.58 Å². The molecule has 0 spiro atoms. The summed E-state index contributed by atoms with van der Waals surface area (Å²) in [5, 5.41) is 4.17. The van der Waals surface area contributed by atoms with Gasteiger partial charge in [-0.3, -0.25) is 4.79 Å². The molecular weight excluding hydrogens is 306 g/mol. The molecule has 0 atom stereocenters. The maximum absolute atomic E-state index is 12.0. The van der Waals surface area contributed by atoms with Crippen LogP contribution >= 0.6 is 11.3 Å². The Hall–Kier alpha value is -2.01. The second kappa shape index (κ2) is 6.62. The fourth-order valence-electron chi connectivity index (χ4n) is 2.94. The average Bonchev–Trinajstić information content (AvgIpc) is 3.08. The lowest BCUT2D eigenvalue weighted by atomic mass is 9.95. The highest BCUT2D eigenvalue weighted by atomic mass is 32.1. The first kappa shape index (κ1) is 15.9. The van der Waals surface area contributed by atoms with Gasteiger partial charge < -0.3 is 4.90 Å². The Morgan fingerprint density at radius 3 is 2.70 bits per heavy atom. The van der Waals surface area contributed by atoms with E-state index in [-0.39, 0.29) is 5.91 Å². The number of aromatic nitrogens is 2. The van der Waals surface area contributed by atoms with E-state index in [0.29, 0.717) is 11.5 Å². The zero-order valence-electron chi connectivity index (χ0n) is 13.6. The fraction of sp³-hybridized carbons (Fsp3) is 0.389. The first-order valence-corrected chi connectivity index (χ1v) is 8.82. The van der Waals surface area contributed by atoms with E-state index in [4.69, 9.17) is 4.98 Å². The Kier molecular flexibility index (Phi) is 4.57. The van der Waals surface area contributed by atoms with Crippen LogP contribution in [-0.2, 0) is 4.79 Å². The van der Waals surface area contributed by atoms with Gasteiger partial charge in [-0.2, -0.15) is 11.3 Å². The van der Waals surface area contributed by atoms with E-state index >= 15 is 0 Å². The summed E-state index contributed by atoms with van der Waals surface area (Å²) >= 11 is 1.68. The van der Waals surface area contributed by atoms with Crippen molar-refractivity contribution in [3.8, 4) is 11.3 Å². The molecule has 0 radical (unpaired) electrons. The van der Waals surface area contributed by atoms with Crippen molar-refractivity contribution in [2.75, 3.05) is 13.1 Å². The minimum Gasteiger partial charge on any atom is -0.339 e. The van der Waals surface area contributed by atoms with E-state index in [1.54, 1.807) is 18.3 Å². The quantitative estimate of drug-likeness (QED) is 0.806. The van der Waals surface area contributed by atoms with Gasteiger partial charge in [0.25, 0.3) is 0 Å². The van der Waals surface area contributed by atoms with Crippen molar-refractivity contribution < 1.29 is 4.79 Å². The number of hydrogen-bond donors (Lipinski definition) is 0.